The van der Waals surface area contributed by atoms with Crippen molar-refractivity contribution in [3.63, 3.8) is 0 Å². The molecule has 3 rings (SSSR count). The lowest BCUT2D eigenvalue weighted by atomic mass is 10.1. The molecule has 0 aliphatic heterocycles. The van der Waals surface area contributed by atoms with Gasteiger partial charge >= 0.3 is 0 Å². The van der Waals surface area contributed by atoms with Crippen molar-refractivity contribution in [3.8, 4) is 0 Å². The average Bonchev–Trinajstić information content (AvgIpc) is 3.02. The molecule has 0 bridgehead atoms. The number of fused-ring (bicyclic) bond motifs is 1. The fourth-order valence-electron chi connectivity index (χ4n) is 2.95. The molecule has 28 heavy (non-hydrogen) atoms. The maximum absolute atomic E-state index is 12.1. The smallest absolute Gasteiger partial charge is 0.226 e. The molecule has 1 aromatic heterocycles. The standard InChI is InChI=1S/C22H25N3O2S/c1-15-6-8-17(9-7-15)4-3-5-21(26)23-13-12-22(27)25-18-10-11-19-20(14-18)28-16(2)24-19/h6-11,14H,3-5,12-13H2,1-2H3,(H,23,26)(H,25,27). The summed E-state index contributed by atoms with van der Waals surface area (Å²) in [5.74, 6) is -0.123. The molecule has 146 valence electrons. The van der Waals surface area contributed by atoms with Crippen LogP contribution in [0.3, 0.4) is 0 Å². The number of hydrogen-bond acceptors (Lipinski definition) is 4. The van der Waals surface area contributed by atoms with Gasteiger partial charge in [-0.1, -0.05) is 29.8 Å². The number of hydrogen-bond donors (Lipinski definition) is 2. The minimum atomic E-state index is -0.111. The van der Waals surface area contributed by atoms with Gasteiger partial charge in [0.2, 0.25) is 11.8 Å². The van der Waals surface area contributed by atoms with E-state index in [0.717, 1.165) is 33.8 Å². The van der Waals surface area contributed by atoms with Gasteiger partial charge in [-0.2, -0.15) is 0 Å². The Morgan fingerprint density at radius 3 is 2.57 bits per heavy atom. The summed E-state index contributed by atoms with van der Waals surface area (Å²) < 4.78 is 1.05. The monoisotopic (exact) mass is 395 g/mol. The SMILES string of the molecule is Cc1ccc(CCCC(=O)NCCC(=O)Nc2ccc3nc(C)sc3c2)cc1. The van der Waals surface area contributed by atoms with Gasteiger partial charge in [0.25, 0.3) is 0 Å². The summed E-state index contributed by atoms with van der Waals surface area (Å²) in [6, 6.07) is 14.1. The van der Waals surface area contributed by atoms with Crippen LogP contribution in [-0.4, -0.2) is 23.3 Å². The minimum Gasteiger partial charge on any atom is -0.356 e. The van der Waals surface area contributed by atoms with Gasteiger partial charge in [0.15, 0.2) is 0 Å². The molecule has 0 fully saturated rings. The van der Waals surface area contributed by atoms with Crippen LogP contribution >= 0.6 is 11.3 Å². The zero-order chi connectivity index (χ0) is 19.9. The second kappa shape index (κ2) is 9.46. The zero-order valence-electron chi connectivity index (χ0n) is 16.2. The number of nitrogens with one attached hydrogen (secondary N) is 2. The van der Waals surface area contributed by atoms with Gasteiger partial charge in [0, 0.05) is 25.1 Å². The second-order valence-electron chi connectivity index (χ2n) is 6.90. The minimum absolute atomic E-state index is 0.0125. The number of nitrogens with zero attached hydrogens (tertiary/aromatic N) is 1. The molecule has 0 aliphatic rings. The van der Waals surface area contributed by atoms with Crippen molar-refractivity contribution < 1.29 is 9.59 Å². The zero-order valence-corrected chi connectivity index (χ0v) is 17.1. The number of rotatable bonds is 8. The lowest BCUT2D eigenvalue weighted by Gasteiger charge is -2.07. The largest absolute Gasteiger partial charge is 0.356 e. The quantitative estimate of drug-likeness (QED) is 0.594. The van der Waals surface area contributed by atoms with Crippen molar-refractivity contribution in [2.45, 2.75) is 39.5 Å². The van der Waals surface area contributed by atoms with Gasteiger partial charge in [-0.05, 0) is 50.5 Å². The molecule has 3 aromatic rings. The Morgan fingerprint density at radius 2 is 1.79 bits per heavy atom. The van der Waals surface area contributed by atoms with E-state index in [1.165, 1.54) is 11.1 Å². The number of aryl methyl sites for hydroxylation is 3. The molecule has 0 radical (unpaired) electrons. The van der Waals surface area contributed by atoms with Crippen molar-refractivity contribution in [1.29, 1.82) is 0 Å². The Balaban J connectivity index is 1.34. The number of thiazole rings is 1. The molecular weight excluding hydrogens is 370 g/mol. The first-order valence-corrected chi connectivity index (χ1v) is 10.3. The van der Waals surface area contributed by atoms with Crippen molar-refractivity contribution in [2.24, 2.45) is 0 Å². The summed E-state index contributed by atoms with van der Waals surface area (Å²) in [7, 11) is 0. The van der Waals surface area contributed by atoms with E-state index in [9.17, 15) is 9.59 Å². The number of anilines is 1. The van der Waals surface area contributed by atoms with E-state index >= 15 is 0 Å². The Bertz CT molecular complexity index is 964. The normalized spacial score (nSPS) is 10.8. The molecule has 6 heteroatoms. The summed E-state index contributed by atoms with van der Waals surface area (Å²) in [5, 5.41) is 6.70. The van der Waals surface area contributed by atoms with Crippen LogP contribution in [0.4, 0.5) is 5.69 Å². The first-order chi connectivity index (χ1) is 13.5. The lowest BCUT2D eigenvalue weighted by Crippen LogP contribution is -2.27. The first-order valence-electron chi connectivity index (χ1n) is 9.49. The number of carbonyl (C=O) groups is 2. The van der Waals surface area contributed by atoms with Crippen molar-refractivity contribution >= 4 is 39.1 Å². The molecular formula is C22H25N3O2S. The summed E-state index contributed by atoms with van der Waals surface area (Å²) in [6.45, 7) is 4.37. The number of benzene rings is 2. The predicted molar refractivity (Wildman–Crippen MR) is 115 cm³/mol. The second-order valence-corrected chi connectivity index (χ2v) is 8.14. The molecule has 0 atom stereocenters. The average molecular weight is 396 g/mol. The third kappa shape index (κ3) is 5.89. The predicted octanol–water partition coefficient (Wildman–Crippen LogP) is 4.38. The van der Waals surface area contributed by atoms with E-state index in [4.69, 9.17) is 0 Å². The molecule has 0 spiro atoms. The molecule has 2 aromatic carbocycles. The molecule has 5 nitrogen and oxygen atoms in total. The third-order valence-corrected chi connectivity index (χ3v) is 5.38. The Morgan fingerprint density at radius 1 is 1.00 bits per heavy atom. The summed E-state index contributed by atoms with van der Waals surface area (Å²) >= 11 is 1.60. The van der Waals surface area contributed by atoms with Crippen LogP contribution in [0.1, 0.15) is 35.4 Å². The van der Waals surface area contributed by atoms with Crippen LogP contribution in [-0.2, 0) is 16.0 Å². The van der Waals surface area contributed by atoms with Crippen LogP contribution in [0.15, 0.2) is 42.5 Å². The fourth-order valence-corrected chi connectivity index (χ4v) is 3.82. The number of amides is 2. The van der Waals surface area contributed by atoms with E-state index in [1.807, 2.05) is 25.1 Å². The van der Waals surface area contributed by atoms with Gasteiger partial charge in [-0.25, -0.2) is 4.98 Å². The molecule has 0 unspecified atom stereocenters. The van der Waals surface area contributed by atoms with E-state index in [0.29, 0.717) is 13.0 Å². The Hall–Kier alpha value is -2.73. The lowest BCUT2D eigenvalue weighted by molar-refractivity contribution is -0.121. The van der Waals surface area contributed by atoms with E-state index in [1.54, 1.807) is 11.3 Å². The highest BCUT2D eigenvalue weighted by atomic mass is 32.1. The molecule has 0 saturated carbocycles. The number of aromatic nitrogens is 1. The van der Waals surface area contributed by atoms with Crippen LogP contribution in [0.5, 0.6) is 0 Å². The van der Waals surface area contributed by atoms with Gasteiger partial charge in [0.05, 0.1) is 15.2 Å². The van der Waals surface area contributed by atoms with Crippen LogP contribution < -0.4 is 10.6 Å². The molecule has 0 saturated heterocycles. The fraction of sp³-hybridized carbons (Fsp3) is 0.318. The number of carbonyl (C=O) groups excluding carboxylic acids is 2. The summed E-state index contributed by atoms with van der Waals surface area (Å²) in [4.78, 5) is 28.4. The van der Waals surface area contributed by atoms with E-state index in [2.05, 4.69) is 46.8 Å². The maximum Gasteiger partial charge on any atom is 0.226 e. The van der Waals surface area contributed by atoms with Crippen molar-refractivity contribution in [2.75, 3.05) is 11.9 Å². The highest BCUT2D eigenvalue weighted by Crippen LogP contribution is 2.24. The molecule has 1 heterocycles. The Kier molecular flexibility index (Phi) is 6.76. The van der Waals surface area contributed by atoms with E-state index < -0.39 is 0 Å². The van der Waals surface area contributed by atoms with Crippen molar-refractivity contribution in [1.82, 2.24) is 10.3 Å². The highest BCUT2D eigenvalue weighted by Gasteiger charge is 2.07. The third-order valence-electron chi connectivity index (χ3n) is 4.44. The molecule has 0 aliphatic carbocycles. The van der Waals surface area contributed by atoms with Gasteiger partial charge in [-0.3, -0.25) is 9.59 Å². The van der Waals surface area contributed by atoms with Gasteiger partial charge in [-0.15, -0.1) is 11.3 Å². The molecule has 2 amide bonds. The van der Waals surface area contributed by atoms with Gasteiger partial charge < -0.3 is 10.6 Å². The first kappa shape index (κ1) is 20.0. The van der Waals surface area contributed by atoms with Crippen LogP contribution in [0, 0.1) is 13.8 Å². The van der Waals surface area contributed by atoms with Crippen LogP contribution in [0.2, 0.25) is 0 Å². The Labute approximate surface area is 169 Å². The summed E-state index contributed by atoms with van der Waals surface area (Å²) in [6.07, 6.45) is 2.41. The van der Waals surface area contributed by atoms with Gasteiger partial charge in [0.1, 0.15) is 0 Å². The molecule has 2 N–H and O–H groups in total. The van der Waals surface area contributed by atoms with Crippen molar-refractivity contribution in [3.05, 3.63) is 58.6 Å². The highest BCUT2D eigenvalue weighted by molar-refractivity contribution is 7.18. The summed E-state index contributed by atoms with van der Waals surface area (Å²) in [5.41, 5.74) is 4.18. The maximum atomic E-state index is 12.1. The van der Waals surface area contributed by atoms with Crippen LogP contribution in [0.25, 0.3) is 10.2 Å². The van der Waals surface area contributed by atoms with E-state index in [-0.39, 0.29) is 18.2 Å². The topological polar surface area (TPSA) is 71.1 Å².